The molecule has 0 bridgehead atoms. The largest absolute Gasteiger partial charge is 0.311 e. The Labute approximate surface area is 355 Å². The molecule has 8 aromatic carbocycles. The van der Waals surface area contributed by atoms with Gasteiger partial charge in [-0.3, -0.25) is 0 Å². The standard InChI is InChI=1S/C56H47BN2Si/c1-6-36-18-11-12-21-41(36)42-32-30-38(34-37(42)7-2)58-47-24-15-25-48-53(47)57-54-49(58)26-16-28-51(54)60(5,40-19-9-8-10-20-40)52-29-17-27-50(55(52)57)59(48)39-31-33-44-43-22-13-14-23-45(43)56(3,4)46(44)35-39/h8-35H,6-7H2,1-5H3. The number of aryl methyl sites for hydroxylation is 2. The molecule has 3 aliphatic heterocycles. The van der Waals surface area contributed by atoms with Crippen LogP contribution in [0.25, 0.3) is 22.3 Å². The van der Waals surface area contributed by atoms with Gasteiger partial charge in [0, 0.05) is 39.5 Å². The van der Waals surface area contributed by atoms with E-state index in [9.17, 15) is 0 Å². The maximum Gasteiger partial charge on any atom is 0.251 e. The molecular weight excluding hydrogens is 740 g/mol. The van der Waals surface area contributed by atoms with E-state index >= 15 is 0 Å². The minimum Gasteiger partial charge on any atom is -0.311 e. The number of benzene rings is 8. The Bertz CT molecular complexity index is 3090. The second-order valence-electron chi connectivity index (χ2n) is 17.9. The van der Waals surface area contributed by atoms with Crippen molar-refractivity contribution in [2.75, 3.05) is 9.80 Å². The lowest BCUT2D eigenvalue weighted by Crippen LogP contribution is -2.83. The third-order valence-corrected chi connectivity index (χ3v) is 19.2. The van der Waals surface area contributed by atoms with Crippen LogP contribution in [-0.4, -0.2) is 14.8 Å². The van der Waals surface area contributed by atoms with Crippen molar-refractivity contribution < 1.29 is 0 Å². The van der Waals surface area contributed by atoms with Gasteiger partial charge in [-0.2, -0.15) is 0 Å². The lowest BCUT2D eigenvalue weighted by atomic mass is 9.33. The Morgan fingerprint density at radius 3 is 1.60 bits per heavy atom. The van der Waals surface area contributed by atoms with Crippen LogP contribution in [0, 0.1) is 0 Å². The second kappa shape index (κ2) is 12.8. The first kappa shape index (κ1) is 35.6. The first-order chi connectivity index (χ1) is 29.3. The van der Waals surface area contributed by atoms with E-state index < -0.39 is 8.07 Å². The molecule has 0 N–H and O–H groups in total. The van der Waals surface area contributed by atoms with Gasteiger partial charge in [0.2, 0.25) is 0 Å². The first-order valence-corrected chi connectivity index (χ1v) is 24.4. The van der Waals surface area contributed by atoms with E-state index in [0.29, 0.717) is 0 Å². The van der Waals surface area contributed by atoms with Gasteiger partial charge in [-0.25, -0.2) is 0 Å². The summed E-state index contributed by atoms with van der Waals surface area (Å²) < 4.78 is 0. The Kier molecular flexibility index (Phi) is 7.60. The molecule has 4 aliphatic rings. The summed E-state index contributed by atoms with van der Waals surface area (Å²) in [4.78, 5) is 5.23. The molecule has 288 valence electrons. The van der Waals surface area contributed by atoms with Crippen molar-refractivity contribution in [1.29, 1.82) is 0 Å². The summed E-state index contributed by atoms with van der Waals surface area (Å²) in [5.74, 6) is 0. The molecule has 8 aromatic rings. The molecular formula is C56H47BN2Si. The van der Waals surface area contributed by atoms with Gasteiger partial charge < -0.3 is 9.80 Å². The maximum absolute atomic E-state index is 2.62. The third kappa shape index (κ3) is 4.60. The van der Waals surface area contributed by atoms with Crippen LogP contribution in [0.4, 0.5) is 34.1 Å². The molecule has 60 heavy (non-hydrogen) atoms. The normalized spacial score (nSPS) is 17.0. The lowest BCUT2D eigenvalue weighted by Gasteiger charge is -2.50. The summed E-state index contributed by atoms with van der Waals surface area (Å²) in [5, 5.41) is 4.51. The van der Waals surface area contributed by atoms with Crippen molar-refractivity contribution in [2.45, 2.75) is 52.5 Å². The molecule has 0 amide bonds. The Morgan fingerprint density at radius 1 is 0.450 bits per heavy atom. The molecule has 0 spiro atoms. The monoisotopic (exact) mass is 786 g/mol. The number of rotatable bonds is 6. The third-order valence-electron chi connectivity index (χ3n) is 14.7. The van der Waals surface area contributed by atoms with Crippen LogP contribution in [0.5, 0.6) is 0 Å². The minimum absolute atomic E-state index is 0.100. The molecule has 1 aliphatic carbocycles. The predicted molar refractivity (Wildman–Crippen MR) is 259 cm³/mol. The van der Waals surface area contributed by atoms with Crippen molar-refractivity contribution in [1.82, 2.24) is 0 Å². The van der Waals surface area contributed by atoms with Gasteiger partial charge in [0.1, 0.15) is 8.07 Å². The van der Waals surface area contributed by atoms with Crippen LogP contribution in [0.15, 0.2) is 170 Å². The molecule has 1 atom stereocenters. The van der Waals surface area contributed by atoms with Crippen molar-refractivity contribution in [3.8, 4) is 22.3 Å². The first-order valence-electron chi connectivity index (χ1n) is 21.9. The fraction of sp³-hybridized carbons (Fsp3) is 0.143. The Hall–Kier alpha value is -6.36. The van der Waals surface area contributed by atoms with Gasteiger partial charge in [0.25, 0.3) is 6.71 Å². The molecule has 4 heteroatoms. The van der Waals surface area contributed by atoms with Gasteiger partial charge in [0.15, 0.2) is 0 Å². The molecule has 0 saturated heterocycles. The summed E-state index contributed by atoms with van der Waals surface area (Å²) >= 11 is 0. The van der Waals surface area contributed by atoms with E-state index in [0.717, 1.165) is 12.8 Å². The average molecular weight is 787 g/mol. The van der Waals surface area contributed by atoms with Crippen LogP contribution in [0.2, 0.25) is 6.55 Å². The predicted octanol–water partition coefficient (Wildman–Crippen LogP) is 10.3. The SMILES string of the molecule is CCc1ccccc1-c1ccc(N2c3cccc4c3B3c5c2cccc5[Si](C)(c2ccccc2)c2cccc(c23)N4c2ccc3c(c2)C(C)(C)c2ccccc2-3)cc1CC. The fourth-order valence-corrected chi connectivity index (χ4v) is 16.1. The van der Waals surface area contributed by atoms with E-state index in [-0.39, 0.29) is 12.1 Å². The van der Waals surface area contributed by atoms with Gasteiger partial charge in [0.05, 0.1) is 0 Å². The van der Waals surface area contributed by atoms with Crippen LogP contribution >= 0.6 is 0 Å². The van der Waals surface area contributed by atoms with Gasteiger partial charge in [-0.1, -0.05) is 166 Å². The smallest absolute Gasteiger partial charge is 0.251 e. The van der Waals surface area contributed by atoms with Crippen LogP contribution < -0.4 is 41.7 Å². The second-order valence-corrected chi connectivity index (χ2v) is 21.8. The number of nitrogens with zero attached hydrogens (tertiary/aromatic N) is 2. The molecule has 3 heterocycles. The van der Waals surface area contributed by atoms with Crippen molar-refractivity contribution in [3.63, 3.8) is 0 Å². The summed E-state index contributed by atoms with van der Waals surface area (Å²) in [6.45, 7) is 12.1. The number of fused-ring (bicyclic) bond motifs is 3. The van der Waals surface area contributed by atoms with Gasteiger partial charge >= 0.3 is 0 Å². The molecule has 12 rings (SSSR count). The highest BCUT2D eigenvalue weighted by atomic mass is 28.3. The molecule has 1 unspecified atom stereocenters. The fourth-order valence-electron chi connectivity index (χ4n) is 11.9. The summed E-state index contributed by atoms with van der Waals surface area (Å²) in [7, 11) is -2.51. The average Bonchev–Trinajstić information content (AvgIpc) is 3.53. The summed E-state index contributed by atoms with van der Waals surface area (Å²) in [6, 6.07) is 65.4. The van der Waals surface area contributed by atoms with Gasteiger partial charge in [-0.05, 0) is 127 Å². The van der Waals surface area contributed by atoms with Crippen LogP contribution in [0.1, 0.15) is 49.9 Å². The van der Waals surface area contributed by atoms with Crippen LogP contribution in [-0.2, 0) is 18.3 Å². The Morgan fingerprint density at radius 2 is 0.950 bits per heavy atom. The van der Waals surface area contributed by atoms with Gasteiger partial charge in [-0.15, -0.1) is 0 Å². The molecule has 0 radical (unpaired) electrons. The topological polar surface area (TPSA) is 6.48 Å². The lowest BCUT2D eigenvalue weighted by molar-refractivity contribution is 0.660. The van der Waals surface area contributed by atoms with Crippen LogP contribution in [0.3, 0.4) is 0 Å². The van der Waals surface area contributed by atoms with E-state index in [2.05, 4.69) is 214 Å². The number of hydrogen-bond acceptors (Lipinski definition) is 2. The maximum atomic E-state index is 2.62. The highest BCUT2D eigenvalue weighted by Gasteiger charge is 2.53. The Balaban J connectivity index is 1.14. The quantitative estimate of drug-likeness (QED) is 0.155. The highest BCUT2D eigenvalue weighted by molar-refractivity contribution is 7.21. The zero-order chi connectivity index (χ0) is 40.5. The van der Waals surface area contributed by atoms with E-state index in [1.54, 1.807) is 0 Å². The minimum atomic E-state index is -2.51. The van der Waals surface area contributed by atoms with Crippen molar-refractivity contribution >= 4 is 80.9 Å². The van der Waals surface area contributed by atoms with E-state index in [4.69, 9.17) is 0 Å². The molecule has 0 fully saturated rings. The highest BCUT2D eigenvalue weighted by Crippen LogP contribution is 2.51. The number of anilines is 6. The summed E-state index contributed by atoms with van der Waals surface area (Å²) in [5.41, 5.74) is 22.9. The molecule has 2 nitrogen and oxygen atoms in total. The van der Waals surface area contributed by atoms with Crippen molar-refractivity contribution in [2.24, 2.45) is 0 Å². The zero-order valence-electron chi connectivity index (χ0n) is 35.1. The molecule has 0 aromatic heterocycles. The van der Waals surface area contributed by atoms with E-state index in [1.165, 1.54) is 111 Å². The summed E-state index contributed by atoms with van der Waals surface area (Å²) in [6.07, 6.45) is 1.97. The van der Waals surface area contributed by atoms with Crippen molar-refractivity contribution in [3.05, 3.63) is 192 Å². The zero-order valence-corrected chi connectivity index (χ0v) is 36.1. The number of hydrogen-bond donors (Lipinski definition) is 0. The molecule has 0 saturated carbocycles. The van der Waals surface area contributed by atoms with E-state index in [1.807, 2.05) is 0 Å².